The van der Waals surface area contributed by atoms with Crippen molar-refractivity contribution in [3.8, 4) is 11.4 Å². The summed E-state index contributed by atoms with van der Waals surface area (Å²) < 4.78 is 1.82. The predicted octanol–water partition coefficient (Wildman–Crippen LogP) is 1.78. The fourth-order valence-corrected chi connectivity index (χ4v) is 2.32. The molecule has 1 fully saturated rings. The summed E-state index contributed by atoms with van der Waals surface area (Å²) in [5.74, 6) is 0.246. The highest BCUT2D eigenvalue weighted by Gasteiger charge is 2.28. The van der Waals surface area contributed by atoms with E-state index >= 15 is 0 Å². The summed E-state index contributed by atoms with van der Waals surface area (Å²) in [6.45, 7) is 5.33. The smallest absolute Gasteiger partial charge is 0.243 e. The molecule has 0 aliphatic heterocycles. The zero-order valence-corrected chi connectivity index (χ0v) is 14.6. The minimum atomic E-state index is -0.528. The Morgan fingerprint density at radius 2 is 2.04 bits per heavy atom. The van der Waals surface area contributed by atoms with Gasteiger partial charge in [0.2, 0.25) is 11.8 Å². The van der Waals surface area contributed by atoms with E-state index in [2.05, 4.69) is 26.2 Å². The molecule has 0 spiro atoms. The molecule has 0 saturated heterocycles. The molecule has 1 saturated carbocycles. The molecule has 2 aromatic rings. The normalized spacial score (nSPS) is 14.2. The van der Waals surface area contributed by atoms with Crippen LogP contribution in [0.2, 0.25) is 0 Å². The summed E-state index contributed by atoms with van der Waals surface area (Å²) in [5.41, 5.74) is 0.950. The van der Waals surface area contributed by atoms with Crippen molar-refractivity contribution < 1.29 is 9.59 Å². The second-order valence-electron chi connectivity index (χ2n) is 7.24. The Morgan fingerprint density at radius 1 is 1.28 bits per heavy atom. The molecule has 2 amide bonds. The molecule has 3 rings (SSSR count). The van der Waals surface area contributed by atoms with E-state index in [9.17, 15) is 9.59 Å². The summed E-state index contributed by atoms with van der Waals surface area (Å²) in [4.78, 5) is 23.9. The second kappa shape index (κ2) is 6.62. The Morgan fingerprint density at radius 3 is 2.72 bits per heavy atom. The Hall–Kier alpha value is -2.77. The van der Waals surface area contributed by atoms with Gasteiger partial charge in [0.1, 0.15) is 0 Å². The van der Waals surface area contributed by atoms with Crippen LogP contribution < -0.4 is 10.6 Å². The van der Waals surface area contributed by atoms with Crippen molar-refractivity contribution in [2.24, 2.45) is 5.41 Å². The standard InChI is InChI=1S/C17H22N6O2/c1-17(2,3)16(25)18-10-14(24)19-12-6-4-5-11(9-12)15-20-21-22-23(15)13-7-8-13/h4-6,9,13H,7-8,10H2,1-3H3,(H,18,25)(H,19,24). The molecule has 1 aromatic heterocycles. The zero-order chi connectivity index (χ0) is 18.0. The van der Waals surface area contributed by atoms with E-state index in [-0.39, 0.29) is 18.4 Å². The van der Waals surface area contributed by atoms with Gasteiger partial charge in [-0.2, -0.15) is 0 Å². The van der Waals surface area contributed by atoms with E-state index in [1.807, 2.05) is 22.9 Å². The Bertz CT molecular complexity index is 788. The lowest BCUT2D eigenvalue weighted by atomic mass is 9.96. The molecule has 1 aromatic carbocycles. The van der Waals surface area contributed by atoms with Crippen LogP contribution in [-0.2, 0) is 9.59 Å². The summed E-state index contributed by atoms with van der Waals surface area (Å²) in [5, 5.41) is 17.3. The van der Waals surface area contributed by atoms with Crippen molar-refractivity contribution >= 4 is 17.5 Å². The maximum atomic E-state index is 12.1. The Kier molecular flexibility index (Phi) is 4.52. The highest BCUT2D eigenvalue weighted by Crippen LogP contribution is 2.36. The molecule has 0 bridgehead atoms. The van der Waals surface area contributed by atoms with Gasteiger partial charge in [0.15, 0.2) is 5.82 Å². The van der Waals surface area contributed by atoms with Crippen molar-refractivity contribution in [2.75, 3.05) is 11.9 Å². The maximum absolute atomic E-state index is 12.1. The second-order valence-corrected chi connectivity index (χ2v) is 7.24. The third-order valence-corrected chi connectivity index (χ3v) is 3.88. The minimum Gasteiger partial charge on any atom is -0.347 e. The Balaban J connectivity index is 1.65. The van der Waals surface area contributed by atoms with Crippen molar-refractivity contribution in [3.63, 3.8) is 0 Å². The topological polar surface area (TPSA) is 102 Å². The van der Waals surface area contributed by atoms with Crippen LogP contribution in [0.1, 0.15) is 39.7 Å². The first-order valence-electron chi connectivity index (χ1n) is 8.31. The van der Waals surface area contributed by atoms with E-state index in [1.54, 1.807) is 26.8 Å². The molecule has 1 aliphatic carbocycles. The SMILES string of the molecule is CC(C)(C)C(=O)NCC(=O)Nc1cccc(-c2nnnn2C2CC2)c1. The van der Waals surface area contributed by atoms with Gasteiger partial charge in [0.05, 0.1) is 12.6 Å². The maximum Gasteiger partial charge on any atom is 0.243 e. The molecule has 25 heavy (non-hydrogen) atoms. The molecule has 2 N–H and O–H groups in total. The monoisotopic (exact) mass is 342 g/mol. The predicted molar refractivity (Wildman–Crippen MR) is 92.6 cm³/mol. The fourth-order valence-electron chi connectivity index (χ4n) is 2.32. The first kappa shape index (κ1) is 17.1. The highest BCUT2D eigenvalue weighted by atomic mass is 16.2. The van der Waals surface area contributed by atoms with Gasteiger partial charge in [0.25, 0.3) is 0 Å². The molecule has 1 aliphatic rings. The summed E-state index contributed by atoms with van der Waals surface area (Å²) in [7, 11) is 0. The molecule has 0 atom stereocenters. The molecule has 0 radical (unpaired) electrons. The van der Waals surface area contributed by atoms with Crippen LogP contribution in [0.4, 0.5) is 5.69 Å². The van der Waals surface area contributed by atoms with E-state index in [0.29, 0.717) is 17.6 Å². The number of tetrazole rings is 1. The number of hydrogen-bond acceptors (Lipinski definition) is 5. The number of aromatic nitrogens is 4. The lowest BCUT2D eigenvalue weighted by Crippen LogP contribution is -2.39. The van der Waals surface area contributed by atoms with Gasteiger partial charge in [-0.3, -0.25) is 9.59 Å². The van der Waals surface area contributed by atoms with Crippen LogP contribution in [0.25, 0.3) is 11.4 Å². The van der Waals surface area contributed by atoms with E-state index in [1.165, 1.54) is 0 Å². The fraction of sp³-hybridized carbons (Fsp3) is 0.471. The van der Waals surface area contributed by atoms with Crippen molar-refractivity contribution in [2.45, 2.75) is 39.7 Å². The van der Waals surface area contributed by atoms with Gasteiger partial charge in [-0.1, -0.05) is 32.9 Å². The van der Waals surface area contributed by atoms with Crippen LogP contribution in [0.3, 0.4) is 0 Å². The number of carbonyl (C=O) groups is 2. The number of nitrogens with one attached hydrogen (secondary N) is 2. The highest BCUT2D eigenvalue weighted by molar-refractivity contribution is 5.95. The molecular formula is C17H22N6O2. The van der Waals surface area contributed by atoms with Crippen molar-refractivity contribution in [1.29, 1.82) is 0 Å². The summed E-state index contributed by atoms with van der Waals surface area (Å²) in [6, 6.07) is 7.73. The van der Waals surface area contributed by atoms with E-state index in [0.717, 1.165) is 18.4 Å². The van der Waals surface area contributed by atoms with Crippen LogP contribution in [-0.4, -0.2) is 38.6 Å². The summed E-state index contributed by atoms with van der Waals surface area (Å²) in [6.07, 6.45) is 2.17. The third-order valence-electron chi connectivity index (χ3n) is 3.88. The van der Waals surface area contributed by atoms with Gasteiger partial charge in [-0.15, -0.1) is 5.10 Å². The number of hydrogen-bond donors (Lipinski definition) is 2. The van der Waals surface area contributed by atoms with Crippen molar-refractivity contribution in [3.05, 3.63) is 24.3 Å². The number of amides is 2. The van der Waals surface area contributed by atoms with Crippen LogP contribution in [0.5, 0.6) is 0 Å². The van der Waals surface area contributed by atoms with E-state index < -0.39 is 5.41 Å². The zero-order valence-electron chi connectivity index (χ0n) is 14.6. The average Bonchev–Trinajstić information content (AvgIpc) is 3.28. The number of carbonyl (C=O) groups excluding carboxylic acids is 2. The molecule has 0 unspecified atom stereocenters. The molecule has 8 nitrogen and oxygen atoms in total. The quantitative estimate of drug-likeness (QED) is 0.862. The van der Waals surface area contributed by atoms with Gasteiger partial charge in [-0.05, 0) is 35.4 Å². The third kappa shape index (κ3) is 4.20. The summed E-state index contributed by atoms with van der Waals surface area (Å²) >= 11 is 0. The van der Waals surface area contributed by atoms with Gasteiger partial charge < -0.3 is 10.6 Å². The number of anilines is 1. The van der Waals surface area contributed by atoms with Crippen LogP contribution >= 0.6 is 0 Å². The lowest BCUT2D eigenvalue weighted by Gasteiger charge is -2.17. The molecular weight excluding hydrogens is 320 g/mol. The largest absolute Gasteiger partial charge is 0.347 e. The number of benzene rings is 1. The molecule has 8 heteroatoms. The number of rotatable bonds is 5. The molecule has 132 valence electrons. The average molecular weight is 342 g/mol. The van der Waals surface area contributed by atoms with Crippen LogP contribution in [0, 0.1) is 5.41 Å². The Labute approximate surface area is 146 Å². The van der Waals surface area contributed by atoms with E-state index in [4.69, 9.17) is 0 Å². The van der Waals surface area contributed by atoms with Crippen molar-refractivity contribution in [1.82, 2.24) is 25.5 Å². The van der Waals surface area contributed by atoms with Gasteiger partial charge in [0, 0.05) is 16.7 Å². The van der Waals surface area contributed by atoms with Gasteiger partial charge >= 0.3 is 0 Å². The lowest BCUT2D eigenvalue weighted by molar-refractivity contribution is -0.130. The van der Waals surface area contributed by atoms with Crippen LogP contribution in [0.15, 0.2) is 24.3 Å². The van der Waals surface area contributed by atoms with Gasteiger partial charge in [-0.25, -0.2) is 4.68 Å². The first-order chi connectivity index (χ1) is 11.8. The molecule has 1 heterocycles. The minimum absolute atomic E-state index is 0.0693. The first-order valence-corrected chi connectivity index (χ1v) is 8.31. The number of nitrogens with zero attached hydrogens (tertiary/aromatic N) is 4.